The first-order valence-electron chi connectivity index (χ1n) is 10.5. The molecule has 1 heterocycles. The maximum absolute atomic E-state index is 13.0. The Kier molecular flexibility index (Phi) is 7.85. The van der Waals surface area contributed by atoms with Gasteiger partial charge in [-0.25, -0.2) is 9.59 Å². The van der Waals surface area contributed by atoms with Gasteiger partial charge in [0.15, 0.2) is 29.5 Å². The molecule has 0 saturated carbocycles. The van der Waals surface area contributed by atoms with Crippen LogP contribution in [0, 0.1) is 0 Å². The number of benzene rings is 2. The molecule has 0 bridgehead atoms. The van der Waals surface area contributed by atoms with Gasteiger partial charge in [0.2, 0.25) is 5.71 Å². The predicted molar refractivity (Wildman–Crippen MR) is 122 cm³/mol. The fourth-order valence-electron chi connectivity index (χ4n) is 3.97. The van der Waals surface area contributed by atoms with E-state index in [-0.39, 0.29) is 6.54 Å². The number of rotatable bonds is 8. The Balaban J connectivity index is 2.45. The molecule has 10 heteroatoms. The van der Waals surface area contributed by atoms with E-state index in [0.29, 0.717) is 46.3 Å². The van der Waals surface area contributed by atoms with Crippen LogP contribution >= 0.6 is 0 Å². The number of esters is 2. The molecule has 2 aromatic carbocycles. The lowest BCUT2D eigenvalue weighted by atomic mass is 9.91. The number of hydrogen-bond donors (Lipinski definition) is 0. The molecule has 3 rings (SSSR count). The second-order valence-electron chi connectivity index (χ2n) is 7.35. The summed E-state index contributed by atoms with van der Waals surface area (Å²) < 4.78 is 32.7. The Morgan fingerprint density at radius 1 is 0.771 bits per heavy atom. The van der Waals surface area contributed by atoms with Crippen LogP contribution in [0.4, 0.5) is 0 Å². The molecule has 0 N–H and O–H groups in total. The van der Waals surface area contributed by atoms with Crippen molar-refractivity contribution in [1.82, 2.24) is 0 Å². The van der Waals surface area contributed by atoms with Crippen LogP contribution in [-0.2, 0) is 25.5 Å². The fraction of sp³-hybridized carbons (Fsp3) is 0.320. The lowest BCUT2D eigenvalue weighted by Crippen LogP contribution is -2.37. The predicted octanol–water partition coefficient (Wildman–Crippen LogP) is 1.04. The zero-order chi connectivity index (χ0) is 25.7. The SMILES string of the molecule is COC(=O)/C([O-])=C(\C(=O)OC)[N+]1=C(c2ccc(OC)c(OC)c2)c2cc(OC)c(OC)cc2CC1. The summed E-state index contributed by atoms with van der Waals surface area (Å²) in [4.78, 5) is 24.9. The summed E-state index contributed by atoms with van der Waals surface area (Å²) in [6, 6.07) is 8.77. The first kappa shape index (κ1) is 25.4. The van der Waals surface area contributed by atoms with Gasteiger partial charge in [-0.05, 0) is 35.9 Å². The van der Waals surface area contributed by atoms with Gasteiger partial charge in [0.1, 0.15) is 0 Å². The van der Waals surface area contributed by atoms with Crippen LogP contribution in [0.5, 0.6) is 23.0 Å². The van der Waals surface area contributed by atoms with Crippen molar-refractivity contribution in [2.24, 2.45) is 0 Å². The highest BCUT2D eigenvalue weighted by Gasteiger charge is 2.37. The highest BCUT2D eigenvalue weighted by molar-refractivity contribution is 6.12. The maximum Gasteiger partial charge on any atom is 0.403 e. The quantitative estimate of drug-likeness (QED) is 0.234. The van der Waals surface area contributed by atoms with Crippen molar-refractivity contribution in [3.63, 3.8) is 0 Å². The van der Waals surface area contributed by atoms with Crippen LogP contribution in [0.2, 0.25) is 0 Å². The minimum Gasteiger partial charge on any atom is -0.863 e. The molecule has 0 saturated heterocycles. The number of carbonyl (C=O) groups is 2. The summed E-state index contributed by atoms with van der Waals surface area (Å²) in [6.45, 7) is 0.194. The highest BCUT2D eigenvalue weighted by atomic mass is 16.5. The lowest BCUT2D eigenvalue weighted by Gasteiger charge is -2.23. The van der Waals surface area contributed by atoms with E-state index < -0.39 is 23.4 Å². The van der Waals surface area contributed by atoms with Gasteiger partial charge >= 0.3 is 11.9 Å². The largest absolute Gasteiger partial charge is 0.863 e. The molecular weight excluding hydrogens is 458 g/mol. The normalized spacial score (nSPS) is 13.3. The fourth-order valence-corrected chi connectivity index (χ4v) is 3.97. The van der Waals surface area contributed by atoms with Crippen LogP contribution in [0.15, 0.2) is 41.8 Å². The van der Waals surface area contributed by atoms with Crippen molar-refractivity contribution in [2.45, 2.75) is 6.42 Å². The number of ether oxygens (including phenoxy) is 6. The summed E-state index contributed by atoms with van der Waals surface area (Å²) >= 11 is 0. The number of methoxy groups -OCH3 is 6. The third-order valence-electron chi connectivity index (χ3n) is 5.63. The second kappa shape index (κ2) is 10.8. The maximum atomic E-state index is 13.0. The molecular formula is C25H27NO9. The molecule has 1 aliphatic heterocycles. The Hall–Kier alpha value is -4.21. The van der Waals surface area contributed by atoms with E-state index in [1.807, 2.05) is 6.07 Å². The molecule has 0 spiro atoms. The first-order chi connectivity index (χ1) is 16.8. The third kappa shape index (κ3) is 4.72. The van der Waals surface area contributed by atoms with E-state index >= 15 is 0 Å². The summed E-state index contributed by atoms with van der Waals surface area (Å²) in [5.41, 5.74) is 2.14. The monoisotopic (exact) mass is 485 g/mol. The number of nitrogens with zero attached hydrogens (tertiary/aromatic N) is 1. The second-order valence-corrected chi connectivity index (χ2v) is 7.35. The van der Waals surface area contributed by atoms with Gasteiger partial charge in [0.05, 0.1) is 59.5 Å². The van der Waals surface area contributed by atoms with Gasteiger partial charge in [-0.15, -0.1) is 0 Å². The van der Waals surface area contributed by atoms with Crippen molar-refractivity contribution < 1.29 is 47.7 Å². The molecule has 0 fully saturated rings. The van der Waals surface area contributed by atoms with Gasteiger partial charge in [-0.1, -0.05) is 0 Å². The van der Waals surface area contributed by atoms with Crippen LogP contribution in [-0.4, -0.2) is 71.4 Å². The van der Waals surface area contributed by atoms with E-state index in [0.717, 1.165) is 19.8 Å². The number of carbonyl (C=O) groups excluding carboxylic acids is 2. The molecule has 0 atom stereocenters. The van der Waals surface area contributed by atoms with Crippen molar-refractivity contribution in [1.29, 1.82) is 0 Å². The highest BCUT2D eigenvalue weighted by Crippen LogP contribution is 2.36. The van der Waals surface area contributed by atoms with E-state index in [1.54, 1.807) is 24.3 Å². The zero-order valence-corrected chi connectivity index (χ0v) is 20.4. The number of fused-ring (bicyclic) bond motifs is 1. The minimum absolute atomic E-state index is 0.194. The molecule has 35 heavy (non-hydrogen) atoms. The third-order valence-corrected chi connectivity index (χ3v) is 5.63. The Morgan fingerprint density at radius 2 is 1.34 bits per heavy atom. The topological polar surface area (TPSA) is 116 Å². The van der Waals surface area contributed by atoms with Crippen molar-refractivity contribution in [3.8, 4) is 23.0 Å². The number of hydrogen-bond acceptors (Lipinski definition) is 9. The average molecular weight is 485 g/mol. The van der Waals surface area contributed by atoms with Crippen molar-refractivity contribution >= 4 is 17.7 Å². The summed E-state index contributed by atoms with van der Waals surface area (Å²) in [7, 11) is 8.26. The standard InChI is InChI=1S/C25H27NO9/c1-30-17-8-7-15(12-18(17)31-2)21-16-13-20(33-4)19(32-3)11-14(16)9-10-26(21)22(24(28)34-5)23(27)25(29)35-6/h7-8,11-13H,9-10H2,1-6H3. The van der Waals surface area contributed by atoms with Crippen molar-refractivity contribution in [2.75, 3.05) is 49.2 Å². The van der Waals surface area contributed by atoms with E-state index in [9.17, 15) is 14.7 Å². The average Bonchev–Trinajstić information content (AvgIpc) is 2.90. The lowest BCUT2D eigenvalue weighted by molar-refractivity contribution is -0.484. The molecule has 1 aliphatic rings. The van der Waals surface area contributed by atoms with E-state index in [2.05, 4.69) is 4.74 Å². The molecule has 2 aromatic rings. The smallest absolute Gasteiger partial charge is 0.403 e. The van der Waals surface area contributed by atoms with Crippen LogP contribution in [0.3, 0.4) is 0 Å². The molecule has 0 unspecified atom stereocenters. The van der Waals surface area contributed by atoms with Gasteiger partial charge < -0.3 is 33.5 Å². The summed E-state index contributed by atoms with van der Waals surface area (Å²) in [5.74, 6) is -1.36. The van der Waals surface area contributed by atoms with Crippen LogP contribution in [0.25, 0.3) is 0 Å². The Morgan fingerprint density at radius 3 is 1.91 bits per heavy atom. The molecule has 0 amide bonds. The first-order valence-corrected chi connectivity index (χ1v) is 10.5. The summed E-state index contributed by atoms with van der Waals surface area (Å²) in [6.07, 6.45) is 0.432. The molecule has 186 valence electrons. The molecule has 10 nitrogen and oxygen atoms in total. The molecule has 0 radical (unpaired) electrons. The Labute approximate surface area is 202 Å². The van der Waals surface area contributed by atoms with E-state index in [1.165, 1.54) is 33.0 Å². The minimum atomic E-state index is -1.19. The van der Waals surface area contributed by atoms with E-state index in [4.69, 9.17) is 23.7 Å². The van der Waals surface area contributed by atoms with Gasteiger partial charge in [-0.2, -0.15) is 4.58 Å². The summed E-state index contributed by atoms with van der Waals surface area (Å²) in [5, 5.41) is 13.0. The van der Waals surface area contributed by atoms with Crippen LogP contribution < -0.4 is 24.1 Å². The van der Waals surface area contributed by atoms with Crippen molar-refractivity contribution in [3.05, 3.63) is 58.5 Å². The zero-order valence-electron chi connectivity index (χ0n) is 20.4. The van der Waals surface area contributed by atoms with Crippen LogP contribution in [0.1, 0.15) is 16.7 Å². The van der Waals surface area contributed by atoms with Gasteiger partial charge in [0.25, 0.3) is 5.70 Å². The molecule has 0 aromatic heterocycles. The van der Waals surface area contributed by atoms with Gasteiger partial charge in [0, 0.05) is 6.42 Å². The molecule has 0 aliphatic carbocycles. The van der Waals surface area contributed by atoms with Gasteiger partial charge in [-0.3, -0.25) is 0 Å². The Bertz CT molecular complexity index is 1210.